The van der Waals surface area contributed by atoms with Gasteiger partial charge in [-0.1, -0.05) is 0 Å². The lowest BCUT2D eigenvalue weighted by atomic mass is 9.89. The molecule has 0 saturated carbocycles. The summed E-state index contributed by atoms with van der Waals surface area (Å²) in [6, 6.07) is 0. The number of amides is 1. The highest BCUT2D eigenvalue weighted by atomic mass is 16.4. The number of nitrogens with zero attached hydrogens (tertiary/aromatic N) is 2. The van der Waals surface area contributed by atoms with Crippen LogP contribution in [0.15, 0.2) is 6.33 Å². The molecule has 0 aliphatic rings. The van der Waals surface area contributed by atoms with Gasteiger partial charge in [0.1, 0.15) is 12.2 Å². The maximum atomic E-state index is 11.4. The van der Waals surface area contributed by atoms with Crippen molar-refractivity contribution in [1.82, 2.24) is 20.5 Å². The molecule has 1 aromatic heterocycles. The van der Waals surface area contributed by atoms with Crippen molar-refractivity contribution in [2.24, 2.45) is 5.41 Å². The Hall–Kier alpha value is -1.92. The largest absolute Gasteiger partial charge is 0.481 e. The first-order chi connectivity index (χ1) is 7.42. The predicted octanol–water partition coefficient (Wildman–Crippen LogP) is -0.0782. The van der Waals surface area contributed by atoms with Crippen LogP contribution >= 0.6 is 0 Å². The van der Waals surface area contributed by atoms with E-state index >= 15 is 0 Å². The van der Waals surface area contributed by atoms with Gasteiger partial charge in [0.15, 0.2) is 0 Å². The summed E-state index contributed by atoms with van der Waals surface area (Å²) in [6.45, 7) is 3.22. The fourth-order valence-electron chi connectivity index (χ4n) is 1.04. The predicted molar refractivity (Wildman–Crippen MR) is 54.3 cm³/mol. The fraction of sp³-hybridized carbons (Fsp3) is 0.556. The third kappa shape index (κ3) is 3.34. The van der Waals surface area contributed by atoms with E-state index in [1.54, 1.807) is 0 Å². The van der Waals surface area contributed by atoms with Crippen LogP contribution in [0.2, 0.25) is 0 Å². The van der Waals surface area contributed by atoms with E-state index in [-0.39, 0.29) is 18.9 Å². The maximum absolute atomic E-state index is 11.4. The van der Waals surface area contributed by atoms with Gasteiger partial charge < -0.3 is 10.4 Å². The van der Waals surface area contributed by atoms with Gasteiger partial charge >= 0.3 is 5.97 Å². The van der Waals surface area contributed by atoms with Gasteiger partial charge in [0, 0.05) is 6.42 Å². The first-order valence-electron chi connectivity index (χ1n) is 4.76. The second kappa shape index (κ2) is 4.73. The summed E-state index contributed by atoms with van der Waals surface area (Å²) in [7, 11) is 0. The van der Waals surface area contributed by atoms with E-state index in [9.17, 15) is 9.59 Å². The molecule has 0 atom stereocenters. The van der Waals surface area contributed by atoms with Gasteiger partial charge in [0.25, 0.3) is 0 Å². The lowest BCUT2D eigenvalue weighted by Crippen LogP contribution is -2.33. The zero-order valence-corrected chi connectivity index (χ0v) is 9.15. The van der Waals surface area contributed by atoms with Crippen LogP contribution in [0.3, 0.4) is 0 Å². The molecule has 0 spiro atoms. The SMILES string of the molecule is CC(C)(CC(=O)NCc1ncn[nH]1)C(=O)O. The Kier molecular flexibility index (Phi) is 3.60. The van der Waals surface area contributed by atoms with Crippen LogP contribution in [0, 0.1) is 5.41 Å². The molecular weight excluding hydrogens is 212 g/mol. The van der Waals surface area contributed by atoms with Gasteiger partial charge in [-0.2, -0.15) is 5.10 Å². The van der Waals surface area contributed by atoms with Crippen molar-refractivity contribution in [3.8, 4) is 0 Å². The third-order valence-corrected chi connectivity index (χ3v) is 2.10. The Morgan fingerprint density at radius 3 is 2.75 bits per heavy atom. The van der Waals surface area contributed by atoms with E-state index in [0.29, 0.717) is 5.82 Å². The zero-order valence-electron chi connectivity index (χ0n) is 9.15. The second-order valence-corrected chi connectivity index (χ2v) is 4.07. The van der Waals surface area contributed by atoms with Crippen molar-refractivity contribution in [3.63, 3.8) is 0 Å². The van der Waals surface area contributed by atoms with Gasteiger partial charge in [-0.15, -0.1) is 0 Å². The maximum Gasteiger partial charge on any atom is 0.309 e. The quantitative estimate of drug-likeness (QED) is 0.650. The normalized spacial score (nSPS) is 11.1. The minimum absolute atomic E-state index is 0.0729. The smallest absolute Gasteiger partial charge is 0.309 e. The van der Waals surface area contributed by atoms with E-state index in [2.05, 4.69) is 20.5 Å². The molecule has 0 saturated heterocycles. The average Bonchev–Trinajstić information content (AvgIpc) is 2.66. The number of aromatic amines is 1. The number of nitrogens with one attached hydrogen (secondary N) is 2. The molecule has 0 aliphatic carbocycles. The van der Waals surface area contributed by atoms with Crippen molar-refractivity contribution < 1.29 is 14.7 Å². The van der Waals surface area contributed by atoms with Gasteiger partial charge in [-0.3, -0.25) is 14.7 Å². The first-order valence-corrected chi connectivity index (χ1v) is 4.76. The molecule has 1 heterocycles. The summed E-state index contributed by atoms with van der Waals surface area (Å²) in [5.41, 5.74) is -1.06. The number of aliphatic carboxylic acids is 1. The molecule has 0 unspecified atom stereocenters. The van der Waals surface area contributed by atoms with Gasteiger partial charge in [-0.05, 0) is 13.8 Å². The first kappa shape index (κ1) is 12.2. The molecule has 1 rings (SSSR count). The lowest BCUT2D eigenvalue weighted by Gasteiger charge is -2.17. The Balaban J connectivity index is 2.39. The summed E-state index contributed by atoms with van der Waals surface area (Å²) in [5, 5.41) is 17.6. The number of hydrogen-bond donors (Lipinski definition) is 3. The van der Waals surface area contributed by atoms with Crippen molar-refractivity contribution in [1.29, 1.82) is 0 Å². The standard InChI is InChI=1S/C9H14N4O3/c1-9(2,8(15)16)3-7(14)10-4-6-11-5-12-13-6/h5H,3-4H2,1-2H3,(H,10,14)(H,15,16)(H,11,12,13). The minimum Gasteiger partial charge on any atom is -0.481 e. The van der Waals surface area contributed by atoms with E-state index in [1.807, 2.05) is 0 Å². The fourth-order valence-corrected chi connectivity index (χ4v) is 1.04. The van der Waals surface area contributed by atoms with Crippen LogP contribution < -0.4 is 5.32 Å². The molecule has 0 aromatic carbocycles. The number of rotatable bonds is 5. The van der Waals surface area contributed by atoms with Crippen LogP contribution in [-0.4, -0.2) is 32.2 Å². The van der Waals surface area contributed by atoms with Crippen LogP contribution in [0.5, 0.6) is 0 Å². The number of H-pyrrole nitrogens is 1. The van der Waals surface area contributed by atoms with Gasteiger partial charge in [0.05, 0.1) is 12.0 Å². The Morgan fingerprint density at radius 1 is 1.56 bits per heavy atom. The molecule has 0 bridgehead atoms. The number of carboxylic acids is 1. The van der Waals surface area contributed by atoms with E-state index in [0.717, 1.165) is 0 Å². The average molecular weight is 226 g/mol. The van der Waals surface area contributed by atoms with E-state index < -0.39 is 11.4 Å². The summed E-state index contributed by atoms with van der Waals surface area (Å²) >= 11 is 0. The summed E-state index contributed by atoms with van der Waals surface area (Å²) in [4.78, 5) is 26.0. The Bertz CT molecular complexity index is 372. The Morgan fingerprint density at radius 2 is 2.25 bits per heavy atom. The molecule has 0 radical (unpaired) electrons. The Labute approximate surface area is 92.3 Å². The molecule has 3 N–H and O–H groups in total. The van der Waals surface area contributed by atoms with Crippen LogP contribution in [-0.2, 0) is 16.1 Å². The zero-order chi connectivity index (χ0) is 12.2. The topological polar surface area (TPSA) is 108 Å². The third-order valence-electron chi connectivity index (χ3n) is 2.10. The number of hydrogen-bond acceptors (Lipinski definition) is 4. The molecule has 7 heteroatoms. The van der Waals surface area contributed by atoms with Gasteiger partial charge in [-0.25, -0.2) is 4.98 Å². The highest BCUT2D eigenvalue weighted by Gasteiger charge is 2.29. The van der Waals surface area contributed by atoms with Crippen molar-refractivity contribution in [2.75, 3.05) is 0 Å². The highest BCUT2D eigenvalue weighted by molar-refractivity contribution is 5.84. The summed E-state index contributed by atoms with van der Waals surface area (Å²) in [6.07, 6.45) is 1.26. The monoisotopic (exact) mass is 226 g/mol. The molecule has 0 fully saturated rings. The lowest BCUT2D eigenvalue weighted by molar-refractivity contribution is -0.149. The van der Waals surface area contributed by atoms with Crippen molar-refractivity contribution in [2.45, 2.75) is 26.8 Å². The number of aromatic nitrogens is 3. The van der Waals surface area contributed by atoms with Crippen molar-refractivity contribution in [3.05, 3.63) is 12.2 Å². The molecule has 16 heavy (non-hydrogen) atoms. The highest BCUT2D eigenvalue weighted by Crippen LogP contribution is 2.19. The molecule has 1 aromatic rings. The number of carbonyl (C=O) groups is 2. The molecular formula is C9H14N4O3. The number of carboxylic acid groups (broad SMARTS) is 1. The molecule has 0 aliphatic heterocycles. The van der Waals surface area contributed by atoms with E-state index in [1.165, 1.54) is 20.2 Å². The minimum atomic E-state index is -1.06. The van der Waals surface area contributed by atoms with Crippen molar-refractivity contribution >= 4 is 11.9 Å². The van der Waals surface area contributed by atoms with Crippen LogP contribution in [0.25, 0.3) is 0 Å². The summed E-state index contributed by atoms with van der Waals surface area (Å²) in [5.74, 6) is -0.799. The van der Waals surface area contributed by atoms with Crippen LogP contribution in [0.4, 0.5) is 0 Å². The number of carbonyl (C=O) groups excluding carboxylic acids is 1. The molecule has 1 amide bonds. The van der Waals surface area contributed by atoms with Crippen LogP contribution in [0.1, 0.15) is 26.1 Å². The molecule has 7 nitrogen and oxygen atoms in total. The van der Waals surface area contributed by atoms with Gasteiger partial charge in [0.2, 0.25) is 5.91 Å². The molecule has 88 valence electrons. The summed E-state index contributed by atoms with van der Waals surface area (Å²) < 4.78 is 0. The second-order valence-electron chi connectivity index (χ2n) is 4.07. The van der Waals surface area contributed by atoms with E-state index in [4.69, 9.17) is 5.11 Å².